The van der Waals surface area contributed by atoms with E-state index in [4.69, 9.17) is 9.52 Å². The van der Waals surface area contributed by atoms with E-state index in [-0.39, 0.29) is 17.0 Å². The molecule has 3 aromatic rings. The number of imide groups is 2. The number of aryl methyl sites for hydroxylation is 1. The highest BCUT2D eigenvalue weighted by molar-refractivity contribution is 6.39. The molecule has 32 heavy (non-hydrogen) atoms. The van der Waals surface area contributed by atoms with E-state index in [1.54, 1.807) is 19.1 Å². The second-order valence-corrected chi connectivity index (χ2v) is 6.95. The van der Waals surface area contributed by atoms with E-state index in [2.05, 4.69) is 0 Å². The quantitative estimate of drug-likeness (QED) is 0.477. The minimum absolute atomic E-state index is 0.127. The normalized spacial score (nSPS) is 15.2. The van der Waals surface area contributed by atoms with Crippen LogP contribution in [-0.4, -0.2) is 28.9 Å². The van der Waals surface area contributed by atoms with E-state index in [9.17, 15) is 23.6 Å². The molecule has 0 aliphatic carbocycles. The average molecular weight is 434 g/mol. The highest BCUT2D eigenvalue weighted by Gasteiger charge is 2.38. The predicted molar refractivity (Wildman–Crippen MR) is 111 cm³/mol. The number of nitrogens with one attached hydrogen (secondary N) is 1. The third-order valence-electron chi connectivity index (χ3n) is 4.85. The Kier molecular flexibility index (Phi) is 5.15. The van der Waals surface area contributed by atoms with Gasteiger partial charge in [-0.05, 0) is 55.0 Å². The van der Waals surface area contributed by atoms with Gasteiger partial charge in [0.15, 0.2) is 0 Å². The zero-order valence-electron chi connectivity index (χ0n) is 16.6. The van der Waals surface area contributed by atoms with Gasteiger partial charge in [0.05, 0.1) is 11.3 Å². The topological polar surface area (TPSA) is 117 Å². The summed E-state index contributed by atoms with van der Waals surface area (Å²) < 4.78 is 19.9. The number of carboxylic acids is 1. The molecule has 0 radical (unpaired) electrons. The SMILES string of the molecule is Cc1cc(C(=O)O)ccc1-c1ccc(/C=C2/C(=O)NC(=O)N(c3ccccc3F)C2=O)o1. The standard InChI is InChI=1S/C23H15FN2O6/c1-12-10-13(22(29)30)6-8-15(12)19-9-7-14(32-19)11-16-20(27)25-23(31)26(21(16)28)18-5-3-2-4-17(18)24/h2-11H,1H3,(H,29,30)(H,25,27,31)/b16-11-. The first kappa shape index (κ1) is 20.7. The van der Waals surface area contributed by atoms with Crippen LogP contribution in [0, 0.1) is 12.7 Å². The van der Waals surface area contributed by atoms with Gasteiger partial charge in [-0.1, -0.05) is 18.2 Å². The van der Waals surface area contributed by atoms with Crippen LogP contribution in [0.1, 0.15) is 21.7 Å². The minimum Gasteiger partial charge on any atom is -0.478 e. The summed E-state index contributed by atoms with van der Waals surface area (Å²) >= 11 is 0. The summed E-state index contributed by atoms with van der Waals surface area (Å²) in [7, 11) is 0. The molecule has 2 heterocycles. The molecule has 2 aromatic carbocycles. The minimum atomic E-state index is -1.06. The number of barbiturate groups is 1. The molecule has 1 fully saturated rings. The van der Waals surface area contributed by atoms with Gasteiger partial charge in [0, 0.05) is 5.56 Å². The summed E-state index contributed by atoms with van der Waals surface area (Å²) in [5.74, 6) is -3.26. The third-order valence-corrected chi connectivity index (χ3v) is 4.85. The zero-order chi connectivity index (χ0) is 23.0. The van der Waals surface area contributed by atoms with Crippen molar-refractivity contribution in [1.29, 1.82) is 0 Å². The van der Waals surface area contributed by atoms with E-state index >= 15 is 0 Å². The zero-order valence-corrected chi connectivity index (χ0v) is 16.6. The summed E-state index contributed by atoms with van der Waals surface area (Å²) in [4.78, 5) is 49.0. The highest BCUT2D eigenvalue weighted by Crippen LogP contribution is 2.29. The van der Waals surface area contributed by atoms with Crippen LogP contribution in [0.25, 0.3) is 17.4 Å². The van der Waals surface area contributed by atoms with Crippen molar-refractivity contribution in [3.05, 3.63) is 82.9 Å². The molecule has 8 nitrogen and oxygen atoms in total. The summed E-state index contributed by atoms with van der Waals surface area (Å²) in [6.45, 7) is 1.72. The van der Waals surface area contributed by atoms with Gasteiger partial charge >= 0.3 is 12.0 Å². The fraction of sp³-hybridized carbons (Fsp3) is 0.0435. The number of hydrogen-bond acceptors (Lipinski definition) is 5. The van der Waals surface area contributed by atoms with Gasteiger partial charge in [0.1, 0.15) is 22.9 Å². The Morgan fingerprint density at radius 3 is 2.53 bits per heavy atom. The fourth-order valence-corrected chi connectivity index (χ4v) is 3.30. The molecule has 1 aliphatic heterocycles. The van der Waals surface area contributed by atoms with Crippen molar-refractivity contribution in [2.45, 2.75) is 6.92 Å². The Balaban J connectivity index is 1.68. The number of para-hydroxylation sites is 1. The first-order valence-corrected chi connectivity index (χ1v) is 9.36. The number of urea groups is 1. The first-order chi connectivity index (χ1) is 15.3. The second kappa shape index (κ2) is 7.95. The van der Waals surface area contributed by atoms with E-state index in [0.717, 1.165) is 12.1 Å². The fourth-order valence-electron chi connectivity index (χ4n) is 3.30. The molecule has 9 heteroatoms. The number of furan rings is 1. The number of carbonyl (C=O) groups is 4. The summed E-state index contributed by atoms with van der Waals surface area (Å²) in [5, 5.41) is 11.1. The van der Waals surface area contributed by atoms with Crippen LogP contribution >= 0.6 is 0 Å². The Labute approximate surface area is 180 Å². The molecule has 2 N–H and O–H groups in total. The Morgan fingerprint density at radius 1 is 1.09 bits per heavy atom. The molecule has 1 saturated heterocycles. The van der Waals surface area contributed by atoms with Crippen LogP contribution in [-0.2, 0) is 9.59 Å². The molecule has 0 unspecified atom stereocenters. The molecule has 160 valence electrons. The van der Waals surface area contributed by atoms with Gasteiger partial charge in [-0.15, -0.1) is 0 Å². The Bertz CT molecular complexity index is 1320. The summed E-state index contributed by atoms with van der Waals surface area (Å²) in [6.07, 6.45) is 1.16. The van der Waals surface area contributed by atoms with Gasteiger partial charge in [0.2, 0.25) is 0 Å². The summed E-state index contributed by atoms with van der Waals surface area (Å²) in [6, 6.07) is 11.8. The number of hydrogen-bond donors (Lipinski definition) is 2. The van der Waals surface area contributed by atoms with Gasteiger partial charge in [-0.25, -0.2) is 18.9 Å². The van der Waals surface area contributed by atoms with Gasteiger partial charge in [-0.3, -0.25) is 14.9 Å². The number of benzene rings is 2. The van der Waals surface area contributed by atoms with Crippen LogP contribution in [0.2, 0.25) is 0 Å². The number of nitrogens with zero attached hydrogens (tertiary/aromatic N) is 1. The number of rotatable bonds is 4. The van der Waals surface area contributed by atoms with Crippen molar-refractivity contribution in [1.82, 2.24) is 5.32 Å². The number of aromatic carboxylic acids is 1. The third kappa shape index (κ3) is 3.67. The van der Waals surface area contributed by atoms with Crippen LogP contribution in [0.3, 0.4) is 0 Å². The number of halogens is 1. The molecule has 1 aromatic heterocycles. The second-order valence-electron chi connectivity index (χ2n) is 6.95. The molecule has 0 bridgehead atoms. The Morgan fingerprint density at radius 2 is 1.84 bits per heavy atom. The molecule has 4 rings (SSSR count). The van der Waals surface area contributed by atoms with Crippen molar-refractivity contribution in [2.24, 2.45) is 0 Å². The molecular formula is C23H15FN2O6. The average Bonchev–Trinajstić information content (AvgIpc) is 3.20. The van der Waals surface area contributed by atoms with Gasteiger partial charge in [0.25, 0.3) is 11.8 Å². The molecule has 0 atom stereocenters. The van der Waals surface area contributed by atoms with Crippen LogP contribution < -0.4 is 10.2 Å². The van der Waals surface area contributed by atoms with Crippen molar-refractivity contribution in [2.75, 3.05) is 4.90 Å². The van der Waals surface area contributed by atoms with E-state index in [1.165, 1.54) is 36.4 Å². The van der Waals surface area contributed by atoms with Crippen molar-refractivity contribution in [3.8, 4) is 11.3 Å². The van der Waals surface area contributed by atoms with Crippen LogP contribution in [0.15, 0.2) is 64.6 Å². The molecule has 0 saturated carbocycles. The van der Waals surface area contributed by atoms with Crippen LogP contribution in [0.5, 0.6) is 0 Å². The van der Waals surface area contributed by atoms with Crippen molar-refractivity contribution in [3.63, 3.8) is 0 Å². The van der Waals surface area contributed by atoms with Gasteiger partial charge in [-0.2, -0.15) is 0 Å². The Hall–Kier alpha value is -4.53. The molecular weight excluding hydrogens is 419 g/mol. The van der Waals surface area contributed by atoms with E-state index < -0.39 is 35.2 Å². The molecule has 0 spiro atoms. The lowest BCUT2D eigenvalue weighted by molar-refractivity contribution is -0.122. The maximum Gasteiger partial charge on any atom is 0.336 e. The smallest absolute Gasteiger partial charge is 0.336 e. The number of carbonyl (C=O) groups excluding carboxylic acids is 3. The lowest BCUT2D eigenvalue weighted by Gasteiger charge is -2.26. The van der Waals surface area contributed by atoms with Crippen LogP contribution in [0.4, 0.5) is 14.9 Å². The first-order valence-electron chi connectivity index (χ1n) is 9.36. The van der Waals surface area contributed by atoms with E-state index in [1.807, 2.05) is 5.32 Å². The lowest BCUT2D eigenvalue weighted by atomic mass is 10.0. The molecule has 1 aliphatic rings. The molecule has 4 amide bonds. The largest absolute Gasteiger partial charge is 0.478 e. The maximum absolute atomic E-state index is 14.1. The number of carboxylic acid groups (broad SMARTS) is 1. The maximum atomic E-state index is 14.1. The van der Waals surface area contributed by atoms with Gasteiger partial charge < -0.3 is 9.52 Å². The number of anilines is 1. The van der Waals surface area contributed by atoms with Crippen molar-refractivity contribution >= 4 is 35.6 Å². The monoisotopic (exact) mass is 434 g/mol. The van der Waals surface area contributed by atoms with E-state index in [0.29, 0.717) is 21.8 Å². The predicted octanol–water partition coefficient (Wildman–Crippen LogP) is 3.76. The number of amides is 4. The highest BCUT2D eigenvalue weighted by atomic mass is 19.1. The summed E-state index contributed by atoms with van der Waals surface area (Å²) in [5.41, 5.74) is 0.709. The lowest BCUT2D eigenvalue weighted by Crippen LogP contribution is -2.54. The van der Waals surface area contributed by atoms with Crippen molar-refractivity contribution < 1.29 is 33.1 Å².